The van der Waals surface area contributed by atoms with Crippen molar-refractivity contribution in [3.8, 4) is 6.07 Å². The first-order valence-corrected chi connectivity index (χ1v) is 10.8. The van der Waals surface area contributed by atoms with Crippen molar-refractivity contribution in [1.82, 2.24) is 14.8 Å². The zero-order valence-electron chi connectivity index (χ0n) is 16.8. The van der Waals surface area contributed by atoms with Gasteiger partial charge in [-0.1, -0.05) is 42.3 Å². The summed E-state index contributed by atoms with van der Waals surface area (Å²) in [7, 11) is 0. The SMILES string of the molecule is CCN1CCN(Cc2ccc3c(Nc4ccc(Cl)cc4Cl)c(C#N)cnc3c2)CC1. The predicted molar refractivity (Wildman–Crippen MR) is 124 cm³/mol. The smallest absolute Gasteiger partial charge is 0.103 e. The number of rotatable bonds is 5. The third kappa shape index (κ3) is 4.53. The van der Waals surface area contributed by atoms with Crippen molar-refractivity contribution in [1.29, 1.82) is 5.26 Å². The molecule has 0 unspecified atom stereocenters. The average molecular weight is 440 g/mol. The minimum atomic E-state index is 0.469. The molecule has 0 saturated carbocycles. The lowest BCUT2D eigenvalue weighted by atomic mass is 10.1. The highest BCUT2D eigenvalue weighted by molar-refractivity contribution is 6.36. The molecule has 5 nitrogen and oxygen atoms in total. The number of likely N-dealkylation sites (N-methyl/N-ethyl adjacent to an activating group) is 1. The van der Waals surface area contributed by atoms with Crippen molar-refractivity contribution in [3.63, 3.8) is 0 Å². The quantitative estimate of drug-likeness (QED) is 0.584. The van der Waals surface area contributed by atoms with Crippen LogP contribution in [0.2, 0.25) is 10.0 Å². The molecule has 1 aliphatic heterocycles. The Labute approximate surface area is 186 Å². The third-order valence-electron chi connectivity index (χ3n) is 5.56. The highest BCUT2D eigenvalue weighted by Crippen LogP contribution is 2.33. The summed E-state index contributed by atoms with van der Waals surface area (Å²) in [5.41, 5.74) is 3.95. The largest absolute Gasteiger partial charge is 0.353 e. The van der Waals surface area contributed by atoms with E-state index in [-0.39, 0.29) is 0 Å². The van der Waals surface area contributed by atoms with Crippen LogP contribution in [0.4, 0.5) is 11.4 Å². The molecule has 0 aliphatic carbocycles. The molecule has 0 bridgehead atoms. The van der Waals surface area contributed by atoms with E-state index >= 15 is 0 Å². The fraction of sp³-hybridized carbons (Fsp3) is 0.304. The number of benzene rings is 2. The summed E-state index contributed by atoms with van der Waals surface area (Å²) in [6.07, 6.45) is 1.61. The van der Waals surface area contributed by atoms with E-state index in [1.54, 1.807) is 18.3 Å². The monoisotopic (exact) mass is 439 g/mol. The molecule has 1 aromatic heterocycles. The van der Waals surface area contributed by atoms with E-state index in [2.05, 4.69) is 45.2 Å². The van der Waals surface area contributed by atoms with Crippen molar-refractivity contribution in [2.45, 2.75) is 13.5 Å². The van der Waals surface area contributed by atoms with Gasteiger partial charge in [0.2, 0.25) is 0 Å². The van der Waals surface area contributed by atoms with Crippen molar-refractivity contribution >= 4 is 45.5 Å². The van der Waals surface area contributed by atoms with Gasteiger partial charge < -0.3 is 10.2 Å². The molecule has 0 atom stereocenters. The van der Waals surface area contributed by atoms with Crippen LogP contribution in [0.25, 0.3) is 10.9 Å². The van der Waals surface area contributed by atoms with Gasteiger partial charge in [0.05, 0.1) is 27.5 Å². The maximum Gasteiger partial charge on any atom is 0.103 e. The molecule has 1 saturated heterocycles. The summed E-state index contributed by atoms with van der Waals surface area (Å²) in [6, 6.07) is 13.7. The van der Waals surface area contributed by atoms with Gasteiger partial charge in [-0.25, -0.2) is 0 Å². The molecule has 1 aliphatic rings. The predicted octanol–water partition coefficient (Wildman–Crippen LogP) is 5.29. The molecule has 1 fully saturated rings. The Morgan fingerprint density at radius 3 is 2.53 bits per heavy atom. The highest BCUT2D eigenvalue weighted by Gasteiger charge is 2.16. The summed E-state index contributed by atoms with van der Waals surface area (Å²) in [6.45, 7) is 8.61. The van der Waals surface area contributed by atoms with Crippen LogP contribution < -0.4 is 5.32 Å². The summed E-state index contributed by atoms with van der Waals surface area (Å²) in [4.78, 5) is 9.48. The van der Waals surface area contributed by atoms with Crippen LogP contribution in [0, 0.1) is 11.3 Å². The maximum atomic E-state index is 9.59. The minimum Gasteiger partial charge on any atom is -0.353 e. The molecule has 1 N–H and O–H groups in total. The summed E-state index contributed by atoms with van der Waals surface area (Å²) in [5.74, 6) is 0. The second-order valence-electron chi connectivity index (χ2n) is 7.47. The fourth-order valence-corrected chi connectivity index (χ4v) is 4.26. The molecule has 154 valence electrons. The van der Waals surface area contributed by atoms with Gasteiger partial charge in [-0.05, 0) is 36.4 Å². The molecule has 0 spiro atoms. The van der Waals surface area contributed by atoms with Crippen LogP contribution >= 0.6 is 23.2 Å². The molecule has 3 aromatic rings. The van der Waals surface area contributed by atoms with Crippen LogP contribution in [0.1, 0.15) is 18.1 Å². The zero-order valence-corrected chi connectivity index (χ0v) is 18.3. The number of aromatic nitrogens is 1. The first-order valence-electron chi connectivity index (χ1n) is 10.1. The number of nitrogens with zero attached hydrogens (tertiary/aromatic N) is 4. The van der Waals surface area contributed by atoms with Crippen molar-refractivity contribution in [2.24, 2.45) is 0 Å². The number of hydrogen-bond acceptors (Lipinski definition) is 5. The third-order valence-corrected chi connectivity index (χ3v) is 6.11. The van der Waals surface area contributed by atoms with Gasteiger partial charge in [0.15, 0.2) is 0 Å². The lowest BCUT2D eigenvalue weighted by Crippen LogP contribution is -2.45. The Bertz CT molecular complexity index is 1100. The number of fused-ring (bicyclic) bond motifs is 1. The van der Waals surface area contributed by atoms with E-state index in [0.717, 1.165) is 50.2 Å². The summed E-state index contributed by atoms with van der Waals surface area (Å²) in [5, 5.41) is 14.8. The van der Waals surface area contributed by atoms with E-state index in [1.807, 2.05) is 12.1 Å². The van der Waals surface area contributed by atoms with E-state index in [0.29, 0.717) is 27.0 Å². The summed E-state index contributed by atoms with van der Waals surface area (Å²) < 4.78 is 0. The number of piperazine rings is 1. The van der Waals surface area contributed by atoms with Crippen molar-refractivity contribution in [3.05, 3.63) is 63.8 Å². The molecule has 4 rings (SSSR count). The Hall–Kier alpha value is -2.36. The average Bonchev–Trinajstić information content (AvgIpc) is 2.76. The van der Waals surface area contributed by atoms with E-state index in [1.165, 1.54) is 5.56 Å². The van der Waals surface area contributed by atoms with Crippen LogP contribution in [0.5, 0.6) is 0 Å². The minimum absolute atomic E-state index is 0.469. The second kappa shape index (κ2) is 9.20. The highest BCUT2D eigenvalue weighted by atomic mass is 35.5. The lowest BCUT2D eigenvalue weighted by Gasteiger charge is -2.34. The Kier molecular flexibility index (Phi) is 6.40. The van der Waals surface area contributed by atoms with Gasteiger partial charge in [-0.3, -0.25) is 9.88 Å². The van der Waals surface area contributed by atoms with Gasteiger partial charge in [0.1, 0.15) is 6.07 Å². The molecule has 2 aromatic carbocycles. The zero-order chi connectivity index (χ0) is 21.1. The second-order valence-corrected chi connectivity index (χ2v) is 8.31. The number of nitriles is 1. The topological polar surface area (TPSA) is 55.2 Å². The molecule has 0 radical (unpaired) electrons. The van der Waals surface area contributed by atoms with Crippen LogP contribution in [-0.4, -0.2) is 47.5 Å². The number of pyridine rings is 1. The van der Waals surface area contributed by atoms with E-state index < -0.39 is 0 Å². The Balaban J connectivity index is 1.61. The van der Waals surface area contributed by atoms with Crippen LogP contribution in [-0.2, 0) is 6.54 Å². The standard InChI is InChI=1S/C23H23Cl2N5/c1-2-29-7-9-30(10-8-29)15-16-3-5-19-22(11-16)27-14-17(13-26)23(19)28-21-6-4-18(24)12-20(21)25/h3-6,11-12,14H,2,7-10,15H2,1H3,(H,27,28). The molecule has 0 amide bonds. The fourth-order valence-electron chi connectivity index (χ4n) is 3.80. The van der Waals surface area contributed by atoms with Gasteiger partial charge in [-0.15, -0.1) is 0 Å². The molecule has 30 heavy (non-hydrogen) atoms. The number of anilines is 2. The number of hydrogen-bond donors (Lipinski definition) is 1. The van der Waals surface area contributed by atoms with Gasteiger partial charge in [0, 0.05) is 49.3 Å². The maximum absolute atomic E-state index is 9.59. The van der Waals surface area contributed by atoms with Crippen LogP contribution in [0.15, 0.2) is 42.6 Å². The number of halogens is 2. The van der Waals surface area contributed by atoms with Gasteiger partial charge in [0.25, 0.3) is 0 Å². The molecule has 7 heteroatoms. The van der Waals surface area contributed by atoms with Gasteiger partial charge in [-0.2, -0.15) is 5.26 Å². The molecular weight excluding hydrogens is 417 g/mol. The van der Waals surface area contributed by atoms with E-state index in [9.17, 15) is 5.26 Å². The Morgan fingerprint density at radius 1 is 1.07 bits per heavy atom. The molecule has 2 heterocycles. The number of nitrogens with one attached hydrogen (secondary N) is 1. The lowest BCUT2D eigenvalue weighted by molar-refractivity contribution is 0.132. The van der Waals surface area contributed by atoms with Crippen LogP contribution in [0.3, 0.4) is 0 Å². The van der Waals surface area contributed by atoms with Crippen molar-refractivity contribution < 1.29 is 0 Å². The first-order chi connectivity index (χ1) is 14.6. The first kappa shape index (κ1) is 20.9. The normalized spacial score (nSPS) is 15.3. The summed E-state index contributed by atoms with van der Waals surface area (Å²) >= 11 is 12.3. The van der Waals surface area contributed by atoms with Crippen molar-refractivity contribution in [2.75, 3.05) is 38.0 Å². The van der Waals surface area contributed by atoms with Gasteiger partial charge >= 0.3 is 0 Å². The van der Waals surface area contributed by atoms with E-state index in [4.69, 9.17) is 23.2 Å². The molecular formula is C23H23Cl2N5. The Morgan fingerprint density at radius 2 is 1.83 bits per heavy atom.